The van der Waals surface area contributed by atoms with E-state index in [9.17, 15) is 19.8 Å². The molecule has 5 rings (SSSR count). The number of anilines is 2. The number of phenolic OH excluding ortho intramolecular Hbond substituents is 1. The summed E-state index contributed by atoms with van der Waals surface area (Å²) in [6.45, 7) is 3.15. The van der Waals surface area contributed by atoms with Crippen molar-refractivity contribution in [1.29, 1.82) is 0 Å². The second-order valence-corrected chi connectivity index (χ2v) is 8.56. The number of aryl methyl sites for hydroxylation is 1. The van der Waals surface area contributed by atoms with Crippen molar-refractivity contribution < 1.29 is 24.5 Å². The van der Waals surface area contributed by atoms with Gasteiger partial charge in [-0.1, -0.05) is 24.3 Å². The largest absolute Gasteiger partial charge is 0.508 e. The number of aliphatic hydroxyl groups is 1. The minimum absolute atomic E-state index is 0.000107. The van der Waals surface area contributed by atoms with Crippen LogP contribution in [0.25, 0.3) is 5.76 Å². The molecule has 1 atom stereocenters. The first-order chi connectivity index (χ1) is 16.3. The SMILES string of the molecule is Cc1cccc(N2C(=O)C(=O)/C(=C(\O)c3ccc4c(c3)N(C)CCO4)C2c2cccc(O)c2)c1. The number of ketones is 1. The summed E-state index contributed by atoms with van der Waals surface area (Å²) in [6.07, 6.45) is 0. The van der Waals surface area contributed by atoms with Crippen molar-refractivity contribution >= 4 is 28.8 Å². The van der Waals surface area contributed by atoms with Gasteiger partial charge in [0.15, 0.2) is 0 Å². The number of benzene rings is 3. The van der Waals surface area contributed by atoms with Crippen molar-refractivity contribution in [3.05, 3.63) is 89.0 Å². The van der Waals surface area contributed by atoms with Gasteiger partial charge in [-0.05, 0) is 60.5 Å². The molecule has 0 bridgehead atoms. The Morgan fingerprint density at radius 1 is 1.03 bits per heavy atom. The number of aromatic hydroxyl groups is 1. The van der Waals surface area contributed by atoms with Crippen molar-refractivity contribution in [3.8, 4) is 11.5 Å². The molecule has 0 aromatic heterocycles. The molecule has 7 nitrogen and oxygen atoms in total. The van der Waals surface area contributed by atoms with Crippen molar-refractivity contribution in [1.82, 2.24) is 0 Å². The third kappa shape index (κ3) is 3.55. The van der Waals surface area contributed by atoms with Gasteiger partial charge in [0.2, 0.25) is 0 Å². The van der Waals surface area contributed by atoms with E-state index < -0.39 is 17.7 Å². The maximum atomic E-state index is 13.3. The normalized spacial score (nSPS) is 19.2. The van der Waals surface area contributed by atoms with Crippen LogP contribution in [0.1, 0.15) is 22.7 Å². The van der Waals surface area contributed by atoms with Crippen LogP contribution in [-0.2, 0) is 9.59 Å². The van der Waals surface area contributed by atoms with Crippen LogP contribution < -0.4 is 14.5 Å². The maximum absolute atomic E-state index is 13.3. The lowest BCUT2D eigenvalue weighted by atomic mass is 9.94. The summed E-state index contributed by atoms with van der Waals surface area (Å²) in [4.78, 5) is 29.9. The number of rotatable bonds is 3. The minimum atomic E-state index is -0.904. The zero-order valence-electron chi connectivity index (χ0n) is 18.9. The first-order valence-electron chi connectivity index (χ1n) is 11.0. The molecule has 34 heavy (non-hydrogen) atoms. The number of Topliss-reactive ketones (excluding diaryl/α,β-unsaturated/α-hetero) is 1. The fourth-order valence-electron chi connectivity index (χ4n) is 4.54. The molecule has 0 aliphatic carbocycles. The number of amides is 1. The number of nitrogens with zero attached hydrogens (tertiary/aromatic N) is 2. The highest BCUT2D eigenvalue weighted by Crippen LogP contribution is 2.43. The first-order valence-corrected chi connectivity index (χ1v) is 11.0. The summed E-state index contributed by atoms with van der Waals surface area (Å²) in [5.74, 6) is -1.10. The molecule has 1 saturated heterocycles. The number of phenols is 1. The lowest BCUT2D eigenvalue weighted by Crippen LogP contribution is -2.29. The Kier molecular flexibility index (Phi) is 5.24. The van der Waals surface area contributed by atoms with E-state index in [2.05, 4.69) is 0 Å². The Balaban J connectivity index is 1.71. The lowest BCUT2D eigenvalue weighted by Gasteiger charge is -2.28. The minimum Gasteiger partial charge on any atom is -0.508 e. The molecule has 7 heteroatoms. The number of hydrogen-bond acceptors (Lipinski definition) is 6. The predicted octanol–water partition coefficient (Wildman–Crippen LogP) is 4.16. The van der Waals surface area contributed by atoms with Crippen LogP contribution in [0.4, 0.5) is 11.4 Å². The van der Waals surface area contributed by atoms with E-state index in [0.717, 1.165) is 11.3 Å². The van der Waals surface area contributed by atoms with Crippen LogP contribution in [0, 0.1) is 6.92 Å². The summed E-state index contributed by atoms with van der Waals surface area (Å²) in [6, 6.07) is 17.9. The summed E-state index contributed by atoms with van der Waals surface area (Å²) >= 11 is 0. The van der Waals surface area contributed by atoms with Crippen LogP contribution in [0.15, 0.2) is 72.3 Å². The Morgan fingerprint density at radius 3 is 2.59 bits per heavy atom. The highest BCUT2D eigenvalue weighted by Gasteiger charge is 2.47. The number of carbonyl (C=O) groups is 2. The van der Waals surface area contributed by atoms with Gasteiger partial charge in [0.05, 0.1) is 23.8 Å². The molecule has 172 valence electrons. The Morgan fingerprint density at radius 2 is 1.82 bits per heavy atom. The van der Waals surface area contributed by atoms with E-state index in [1.54, 1.807) is 36.4 Å². The fraction of sp³-hybridized carbons (Fsp3) is 0.185. The van der Waals surface area contributed by atoms with E-state index in [1.165, 1.54) is 17.0 Å². The molecular formula is C27H24N2O5. The van der Waals surface area contributed by atoms with Crippen molar-refractivity contribution in [2.45, 2.75) is 13.0 Å². The molecule has 1 amide bonds. The van der Waals surface area contributed by atoms with Crippen LogP contribution in [0.2, 0.25) is 0 Å². The fourth-order valence-corrected chi connectivity index (χ4v) is 4.54. The third-order valence-corrected chi connectivity index (χ3v) is 6.24. The van der Waals surface area contributed by atoms with E-state index in [4.69, 9.17) is 4.74 Å². The van der Waals surface area contributed by atoms with Gasteiger partial charge in [-0.15, -0.1) is 0 Å². The van der Waals surface area contributed by atoms with Crippen molar-refractivity contribution in [2.24, 2.45) is 0 Å². The van der Waals surface area contributed by atoms with Gasteiger partial charge >= 0.3 is 0 Å². The van der Waals surface area contributed by atoms with Crippen molar-refractivity contribution in [2.75, 3.05) is 30.0 Å². The smallest absolute Gasteiger partial charge is 0.300 e. The van der Waals surface area contributed by atoms with Gasteiger partial charge in [-0.2, -0.15) is 0 Å². The summed E-state index contributed by atoms with van der Waals surface area (Å²) in [7, 11) is 1.93. The van der Waals surface area contributed by atoms with Crippen molar-refractivity contribution in [3.63, 3.8) is 0 Å². The van der Waals surface area contributed by atoms with Gasteiger partial charge in [-0.3, -0.25) is 14.5 Å². The van der Waals surface area contributed by atoms with Crippen LogP contribution in [0.5, 0.6) is 11.5 Å². The average molecular weight is 456 g/mol. The van der Waals surface area contributed by atoms with E-state index in [0.29, 0.717) is 35.7 Å². The standard InChI is InChI=1S/C27H24N2O5/c1-16-5-3-7-19(13-16)29-24(17-6-4-8-20(30)14-17)23(26(32)27(29)33)25(31)18-9-10-22-21(15-18)28(2)11-12-34-22/h3-10,13-15,24,30-31H,11-12H2,1-2H3/b25-23-. The first kappa shape index (κ1) is 21.6. The number of aliphatic hydroxyl groups excluding tert-OH is 1. The summed E-state index contributed by atoms with van der Waals surface area (Å²) < 4.78 is 5.69. The Labute approximate surface area is 197 Å². The van der Waals surface area contributed by atoms with Crippen LogP contribution in [-0.4, -0.2) is 42.1 Å². The number of likely N-dealkylation sites (N-methyl/N-ethyl adjacent to an activating group) is 1. The molecule has 2 aliphatic heterocycles. The maximum Gasteiger partial charge on any atom is 0.300 e. The van der Waals surface area contributed by atoms with Crippen LogP contribution in [0.3, 0.4) is 0 Å². The topological polar surface area (TPSA) is 90.3 Å². The van der Waals surface area contributed by atoms with E-state index in [-0.39, 0.29) is 17.1 Å². The second kappa shape index (κ2) is 8.26. The highest BCUT2D eigenvalue weighted by atomic mass is 16.5. The zero-order chi connectivity index (χ0) is 24.0. The monoisotopic (exact) mass is 456 g/mol. The van der Waals surface area contributed by atoms with E-state index >= 15 is 0 Å². The molecule has 2 N–H and O–H groups in total. The third-order valence-electron chi connectivity index (χ3n) is 6.24. The van der Waals surface area contributed by atoms with Gasteiger partial charge in [0, 0.05) is 18.3 Å². The number of ether oxygens (including phenoxy) is 1. The number of hydrogen-bond donors (Lipinski definition) is 2. The molecule has 0 spiro atoms. The molecule has 0 saturated carbocycles. The van der Waals surface area contributed by atoms with Gasteiger partial charge in [0.25, 0.3) is 11.7 Å². The molecule has 2 aliphatic rings. The summed E-state index contributed by atoms with van der Waals surface area (Å²) in [5, 5.41) is 21.5. The molecule has 2 heterocycles. The zero-order valence-corrected chi connectivity index (χ0v) is 18.9. The number of carbonyl (C=O) groups excluding carboxylic acids is 2. The van der Waals surface area contributed by atoms with Crippen LogP contribution >= 0.6 is 0 Å². The lowest BCUT2D eigenvalue weighted by molar-refractivity contribution is -0.132. The molecule has 1 fully saturated rings. The van der Waals surface area contributed by atoms with E-state index in [1.807, 2.05) is 37.1 Å². The second-order valence-electron chi connectivity index (χ2n) is 8.56. The Bertz CT molecular complexity index is 1350. The average Bonchev–Trinajstić information content (AvgIpc) is 3.09. The molecule has 3 aromatic rings. The highest BCUT2D eigenvalue weighted by molar-refractivity contribution is 6.51. The summed E-state index contributed by atoms with van der Waals surface area (Å²) in [5.41, 5.74) is 3.14. The van der Waals surface area contributed by atoms with Gasteiger partial charge < -0.3 is 19.8 Å². The predicted molar refractivity (Wildman–Crippen MR) is 129 cm³/mol. The quantitative estimate of drug-likeness (QED) is 0.350. The Hall–Kier alpha value is -4.26. The molecular weight excluding hydrogens is 432 g/mol. The number of fused-ring (bicyclic) bond motifs is 1. The molecule has 0 radical (unpaired) electrons. The molecule has 1 unspecified atom stereocenters. The van der Waals surface area contributed by atoms with Gasteiger partial charge in [-0.25, -0.2) is 0 Å². The van der Waals surface area contributed by atoms with Gasteiger partial charge in [0.1, 0.15) is 23.9 Å². The molecule has 3 aromatic carbocycles.